The van der Waals surface area contributed by atoms with Crippen LogP contribution in [0.2, 0.25) is 5.02 Å². The number of carbonyl (C=O) groups excluding carboxylic acids is 1. The van der Waals surface area contributed by atoms with Crippen LogP contribution in [0.15, 0.2) is 40.6 Å². The van der Waals surface area contributed by atoms with Crippen LogP contribution in [0.4, 0.5) is 0 Å². The SMILES string of the molecule is O=C/C=C/Sc1ccc(Cl)cc1. The van der Waals surface area contributed by atoms with Crippen molar-refractivity contribution in [1.29, 1.82) is 0 Å². The van der Waals surface area contributed by atoms with Crippen LogP contribution in [0.1, 0.15) is 0 Å². The third-order valence-electron chi connectivity index (χ3n) is 1.17. The fourth-order valence-corrected chi connectivity index (χ4v) is 1.38. The van der Waals surface area contributed by atoms with Gasteiger partial charge in [-0.25, -0.2) is 0 Å². The number of aldehydes is 1. The highest BCUT2D eigenvalue weighted by atomic mass is 35.5. The van der Waals surface area contributed by atoms with Crippen molar-refractivity contribution in [2.24, 2.45) is 0 Å². The number of benzene rings is 1. The zero-order chi connectivity index (χ0) is 8.81. The Balaban J connectivity index is 2.58. The molecule has 1 aromatic carbocycles. The van der Waals surface area contributed by atoms with Gasteiger partial charge >= 0.3 is 0 Å². The first-order valence-electron chi connectivity index (χ1n) is 3.35. The number of hydrogen-bond donors (Lipinski definition) is 0. The van der Waals surface area contributed by atoms with Crippen LogP contribution in [-0.2, 0) is 4.79 Å². The molecule has 1 rings (SSSR count). The highest BCUT2D eigenvalue weighted by Gasteiger charge is 1.89. The van der Waals surface area contributed by atoms with Crippen molar-refractivity contribution in [2.75, 3.05) is 0 Å². The molecule has 0 spiro atoms. The van der Waals surface area contributed by atoms with Crippen molar-refractivity contribution in [3.05, 3.63) is 40.8 Å². The maximum absolute atomic E-state index is 9.93. The Kier molecular flexibility index (Phi) is 3.91. The molecule has 0 aliphatic carbocycles. The normalized spacial score (nSPS) is 10.4. The maximum atomic E-state index is 9.93. The number of allylic oxidation sites excluding steroid dienone is 1. The second-order valence-electron chi connectivity index (χ2n) is 2.04. The van der Waals surface area contributed by atoms with E-state index >= 15 is 0 Å². The molecule has 0 aliphatic heterocycles. The monoisotopic (exact) mass is 198 g/mol. The summed E-state index contributed by atoms with van der Waals surface area (Å²) in [6, 6.07) is 7.45. The summed E-state index contributed by atoms with van der Waals surface area (Å²) >= 11 is 7.17. The predicted molar refractivity (Wildman–Crippen MR) is 52.5 cm³/mol. The van der Waals surface area contributed by atoms with Crippen molar-refractivity contribution in [2.45, 2.75) is 4.90 Å². The molecule has 0 saturated heterocycles. The fraction of sp³-hybridized carbons (Fsp3) is 0. The fourth-order valence-electron chi connectivity index (χ4n) is 0.663. The second kappa shape index (κ2) is 5.01. The van der Waals surface area contributed by atoms with Gasteiger partial charge in [-0.3, -0.25) is 4.79 Å². The van der Waals surface area contributed by atoms with E-state index in [-0.39, 0.29) is 0 Å². The number of halogens is 1. The molecule has 1 nitrogen and oxygen atoms in total. The summed E-state index contributed by atoms with van der Waals surface area (Å²) in [5.41, 5.74) is 0. The van der Waals surface area contributed by atoms with E-state index in [1.165, 1.54) is 17.8 Å². The average Bonchev–Trinajstić information content (AvgIpc) is 2.09. The largest absolute Gasteiger partial charge is 0.299 e. The Morgan fingerprint density at radius 1 is 1.25 bits per heavy atom. The molecule has 0 fully saturated rings. The maximum Gasteiger partial charge on any atom is 0.143 e. The molecule has 3 heteroatoms. The molecule has 0 saturated carbocycles. The summed E-state index contributed by atoms with van der Waals surface area (Å²) in [7, 11) is 0. The van der Waals surface area contributed by atoms with Gasteiger partial charge in [0.2, 0.25) is 0 Å². The summed E-state index contributed by atoms with van der Waals surface area (Å²) < 4.78 is 0. The minimum Gasteiger partial charge on any atom is -0.299 e. The standard InChI is InChI=1S/C9H7ClOS/c10-8-2-4-9(5-3-8)12-7-1-6-11/h1-7H/b7-1+. The van der Waals surface area contributed by atoms with E-state index in [0.717, 1.165) is 16.2 Å². The van der Waals surface area contributed by atoms with Gasteiger partial charge in [-0.05, 0) is 35.7 Å². The molecule has 0 atom stereocenters. The van der Waals surface area contributed by atoms with E-state index < -0.39 is 0 Å². The number of rotatable bonds is 3. The molecule has 0 N–H and O–H groups in total. The molecule has 0 heterocycles. The Hall–Kier alpha value is -0.730. The third-order valence-corrected chi connectivity index (χ3v) is 2.26. The predicted octanol–water partition coefficient (Wildman–Crippen LogP) is 3.14. The molecule has 12 heavy (non-hydrogen) atoms. The Bertz CT molecular complexity index is 279. The van der Waals surface area contributed by atoms with Gasteiger partial charge in [-0.15, -0.1) is 0 Å². The van der Waals surface area contributed by atoms with Crippen LogP contribution in [-0.4, -0.2) is 6.29 Å². The lowest BCUT2D eigenvalue weighted by molar-refractivity contribution is -0.104. The van der Waals surface area contributed by atoms with Crippen molar-refractivity contribution in [1.82, 2.24) is 0 Å². The van der Waals surface area contributed by atoms with Gasteiger partial charge in [0.1, 0.15) is 6.29 Å². The summed E-state index contributed by atoms with van der Waals surface area (Å²) in [5.74, 6) is 0. The zero-order valence-electron chi connectivity index (χ0n) is 6.24. The van der Waals surface area contributed by atoms with Crippen LogP contribution >= 0.6 is 23.4 Å². The Morgan fingerprint density at radius 3 is 2.50 bits per heavy atom. The van der Waals surface area contributed by atoms with Crippen molar-refractivity contribution < 1.29 is 4.79 Å². The van der Waals surface area contributed by atoms with Gasteiger partial charge in [0.15, 0.2) is 0 Å². The molecular weight excluding hydrogens is 192 g/mol. The van der Waals surface area contributed by atoms with E-state index in [9.17, 15) is 4.79 Å². The third kappa shape index (κ3) is 3.11. The first kappa shape index (κ1) is 9.36. The minimum atomic E-state index is 0.721. The number of carbonyl (C=O) groups is 1. The average molecular weight is 199 g/mol. The lowest BCUT2D eigenvalue weighted by atomic mass is 10.4. The molecule has 0 unspecified atom stereocenters. The molecule has 62 valence electrons. The molecule has 0 aliphatic rings. The molecule has 0 aromatic heterocycles. The summed E-state index contributed by atoms with van der Waals surface area (Å²) in [4.78, 5) is 11.0. The van der Waals surface area contributed by atoms with E-state index in [4.69, 9.17) is 11.6 Å². The van der Waals surface area contributed by atoms with Crippen molar-refractivity contribution in [3.8, 4) is 0 Å². The van der Waals surface area contributed by atoms with Crippen LogP contribution < -0.4 is 0 Å². The van der Waals surface area contributed by atoms with Gasteiger partial charge in [0.05, 0.1) is 0 Å². The summed E-state index contributed by atoms with van der Waals surface area (Å²) in [5, 5.41) is 2.45. The van der Waals surface area contributed by atoms with Gasteiger partial charge in [-0.2, -0.15) is 0 Å². The van der Waals surface area contributed by atoms with Crippen molar-refractivity contribution >= 4 is 29.6 Å². The highest BCUT2D eigenvalue weighted by Crippen LogP contribution is 2.20. The van der Waals surface area contributed by atoms with Gasteiger partial charge in [0, 0.05) is 9.92 Å². The van der Waals surface area contributed by atoms with Crippen LogP contribution in [0, 0.1) is 0 Å². The quantitative estimate of drug-likeness (QED) is 0.422. The summed E-state index contributed by atoms with van der Waals surface area (Å²) in [6.45, 7) is 0. The van der Waals surface area contributed by atoms with Gasteiger partial charge < -0.3 is 0 Å². The van der Waals surface area contributed by atoms with E-state index in [0.29, 0.717) is 0 Å². The first-order valence-corrected chi connectivity index (χ1v) is 4.61. The molecule has 1 aromatic rings. The molecule has 0 bridgehead atoms. The summed E-state index contributed by atoms with van der Waals surface area (Å²) in [6.07, 6.45) is 2.21. The number of thioether (sulfide) groups is 1. The van der Waals surface area contributed by atoms with Crippen molar-refractivity contribution in [3.63, 3.8) is 0 Å². The first-order chi connectivity index (χ1) is 5.83. The molecule has 0 radical (unpaired) electrons. The van der Waals surface area contributed by atoms with E-state index in [2.05, 4.69) is 0 Å². The lowest BCUT2D eigenvalue weighted by Crippen LogP contribution is -1.67. The van der Waals surface area contributed by atoms with E-state index in [1.54, 1.807) is 5.41 Å². The zero-order valence-corrected chi connectivity index (χ0v) is 7.81. The van der Waals surface area contributed by atoms with Gasteiger partial charge in [-0.1, -0.05) is 23.4 Å². The topological polar surface area (TPSA) is 17.1 Å². The minimum absolute atomic E-state index is 0.721. The lowest BCUT2D eigenvalue weighted by Gasteiger charge is -1.94. The van der Waals surface area contributed by atoms with E-state index in [1.807, 2.05) is 24.3 Å². The highest BCUT2D eigenvalue weighted by molar-refractivity contribution is 8.02. The second-order valence-corrected chi connectivity index (χ2v) is 3.45. The molecular formula is C9H7ClOS. The van der Waals surface area contributed by atoms with Crippen LogP contribution in [0.25, 0.3) is 0 Å². The van der Waals surface area contributed by atoms with Crippen LogP contribution in [0.5, 0.6) is 0 Å². The molecule has 0 amide bonds. The Labute approximate surface area is 80.4 Å². The van der Waals surface area contributed by atoms with Gasteiger partial charge in [0.25, 0.3) is 0 Å². The smallest absolute Gasteiger partial charge is 0.143 e. The van der Waals surface area contributed by atoms with Crippen LogP contribution in [0.3, 0.4) is 0 Å². The number of hydrogen-bond acceptors (Lipinski definition) is 2. The Morgan fingerprint density at radius 2 is 1.92 bits per heavy atom.